The molecule has 0 heterocycles. The standard InChI is InChI=1S/C25H19N3O/c1-29-18-8-6-17(7-9-18)22-21-12-23(14-26,15-27)13-24(21)10-11-25(22,16-28)20-5-3-2-4-19(20)24/h2-11,21-22H,12-13H2,1H3. The second-order valence-corrected chi connectivity index (χ2v) is 8.44. The molecular formula is C25H19N3O. The summed E-state index contributed by atoms with van der Waals surface area (Å²) in [5.41, 5.74) is 0.916. The number of hydrogen-bond donors (Lipinski definition) is 0. The van der Waals surface area contributed by atoms with Crippen LogP contribution in [0.25, 0.3) is 0 Å². The smallest absolute Gasteiger partial charge is 0.145 e. The first-order valence-electron chi connectivity index (χ1n) is 9.76. The van der Waals surface area contributed by atoms with Gasteiger partial charge < -0.3 is 4.74 Å². The van der Waals surface area contributed by atoms with E-state index < -0.39 is 16.2 Å². The van der Waals surface area contributed by atoms with Crippen molar-refractivity contribution in [2.45, 2.75) is 29.6 Å². The first kappa shape index (κ1) is 17.5. The Hall–Kier alpha value is -3.55. The third-order valence-corrected chi connectivity index (χ3v) is 7.32. The fraction of sp³-hybridized carbons (Fsp3) is 0.320. The van der Waals surface area contributed by atoms with Gasteiger partial charge in [0.1, 0.15) is 16.6 Å². The van der Waals surface area contributed by atoms with Crippen molar-refractivity contribution in [1.29, 1.82) is 15.8 Å². The van der Waals surface area contributed by atoms with Crippen LogP contribution in [0.15, 0.2) is 60.7 Å². The van der Waals surface area contributed by atoms with Crippen molar-refractivity contribution in [1.82, 2.24) is 0 Å². The first-order valence-corrected chi connectivity index (χ1v) is 9.76. The van der Waals surface area contributed by atoms with E-state index in [1.807, 2.05) is 48.5 Å². The van der Waals surface area contributed by atoms with Gasteiger partial charge in [-0.3, -0.25) is 0 Å². The lowest BCUT2D eigenvalue weighted by atomic mass is 9.46. The van der Waals surface area contributed by atoms with Crippen molar-refractivity contribution in [3.63, 3.8) is 0 Å². The molecule has 4 unspecified atom stereocenters. The molecule has 0 N–H and O–H groups in total. The molecule has 0 aliphatic heterocycles. The molecule has 4 aliphatic carbocycles. The van der Waals surface area contributed by atoms with Crippen molar-refractivity contribution < 1.29 is 4.74 Å². The maximum absolute atomic E-state index is 10.5. The fourth-order valence-corrected chi connectivity index (χ4v) is 6.12. The molecule has 29 heavy (non-hydrogen) atoms. The van der Waals surface area contributed by atoms with E-state index in [0.717, 1.165) is 22.4 Å². The summed E-state index contributed by atoms with van der Waals surface area (Å²) in [6, 6.07) is 23.2. The average Bonchev–Trinajstić information content (AvgIpc) is 3.15. The van der Waals surface area contributed by atoms with E-state index in [1.54, 1.807) is 7.11 Å². The number of nitrogens with zero attached hydrogens (tertiary/aromatic N) is 3. The van der Waals surface area contributed by atoms with Gasteiger partial charge in [0.25, 0.3) is 0 Å². The quantitative estimate of drug-likeness (QED) is 0.722. The van der Waals surface area contributed by atoms with Gasteiger partial charge >= 0.3 is 0 Å². The predicted octanol–water partition coefficient (Wildman–Crippen LogP) is 4.51. The van der Waals surface area contributed by atoms with E-state index in [2.05, 4.69) is 30.4 Å². The molecule has 2 aromatic rings. The zero-order valence-electron chi connectivity index (χ0n) is 16.1. The minimum Gasteiger partial charge on any atom is -0.497 e. The topological polar surface area (TPSA) is 80.6 Å². The van der Waals surface area contributed by atoms with E-state index in [0.29, 0.717) is 12.8 Å². The molecule has 0 amide bonds. The van der Waals surface area contributed by atoms with Gasteiger partial charge in [-0.2, -0.15) is 15.8 Å². The third kappa shape index (κ3) is 2.00. The lowest BCUT2D eigenvalue weighted by molar-refractivity contribution is 0.227. The normalized spacial score (nSPS) is 32.3. The van der Waals surface area contributed by atoms with Crippen LogP contribution in [0.3, 0.4) is 0 Å². The Morgan fingerprint density at radius 1 is 0.897 bits per heavy atom. The number of hydrogen-bond acceptors (Lipinski definition) is 4. The summed E-state index contributed by atoms with van der Waals surface area (Å²) in [5, 5.41) is 30.3. The van der Waals surface area contributed by atoms with Crippen LogP contribution in [0.1, 0.15) is 35.4 Å². The van der Waals surface area contributed by atoms with E-state index >= 15 is 0 Å². The van der Waals surface area contributed by atoms with Crippen LogP contribution in [-0.2, 0) is 10.8 Å². The van der Waals surface area contributed by atoms with Crippen molar-refractivity contribution >= 4 is 0 Å². The number of rotatable bonds is 2. The van der Waals surface area contributed by atoms with Gasteiger partial charge in [0.15, 0.2) is 0 Å². The fourth-order valence-electron chi connectivity index (χ4n) is 6.12. The van der Waals surface area contributed by atoms with Crippen LogP contribution >= 0.6 is 0 Å². The largest absolute Gasteiger partial charge is 0.497 e. The SMILES string of the molecule is COc1ccc(C2C3CC(C#N)(C#N)CC34C=CC2(C#N)c2ccccc24)cc1. The lowest BCUT2D eigenvalue weighted by Crippen LogP contribution is -2.52. The molecule has 4 atom stereocenters. The maximum atomic E-state index is 10.5. The summed E-state index contributed by atoms with van der Waals surface area (Å²) in [6.07, 6.45) is 5.10. The molecule has 0 radical (unpaired) electrons. The van der Waals surface area contributed by atoms with Crippen molar-refractivity contribution in [3.8, 4) is 24.0 Å². The molecule has 1 saturated carbocycles. The number of benzene rings is 2. The summed E-state index contributed by atoms with van der Waals surface area (Å²) in [6.45, 7) is 0. The second kappa shape index (κ2) is 5.73. The zero-order chi connectivity index (χ0) is 20.3. The van der Waals surface area contributed by atoms with Gasteiger partial charge in [0.05, 0.1) is 25.3 Å². The van der Waals surface area contributed by atoms with Crippen molar-refractivity contribution in [2.75, 3.05) is 7.11 Å². The Kier molecular flexibility index (Phi) is 3.46. The van der Waals surface area contributed by atoms with Gasteiger partial charge in [0.2, 0.25) is 0 Å². The summed E-state index contributed by atoms with van der Waals surface area (Å²) < 4.78 is 5.31. The highest BCUT2D eigenvalue weighted by molar-refractivity contribution is 5.63. The Bertz CT molecular complexity index is 1150. The maximum Gasteiger partial charge on any atom is 0.145 e. The number of nitriles is 3. The lowest BCUT2D eigenvalue weighted by Gasteiger charge is -2.55. The molecule has 1 spiro atoms. The van der Waals surface area contributed by atoms with Gasteiger partial charge in [0, 0.05) is 11.3 Å². The van der Waals surface area contributed by atoms with E-state index in [1.165, 1.54) is 0 Å². The van der Waals surface area contributed by atoms with Crippen LogP contribution in [-0.4, -0.2) is 7.11 Å². The van der Waals surface area contributed by atoms with Gasteiger partial charge in [-0.05, 0) is 47.6 Å². The van der Waals surface area contributed by atoms with Crippen molar-refractivity contribution in [3.05, 3.63) is 77.4 Å². The average molecular weight is 377 g/mol. The highest BCUT2D eigenvalue weighted by Crippen LogP contribution is 2.70. The monoisotopic (exact) mass is 377 g/mol. The van der Waals surface area contributed by atoms with Crippen LogP contribution in [0.5, 0.6) is 5.75 Å². The van der Waals surface area contributed by atoms with Gasteiger partial charge in [-0.1, -0.05) is 48.6 Å². The number of methoxy groups -OCH3 is 1. The minimum absolute atomic E-state index is 0.00902. The molecule has 2 bridgehead atoms. The molecule has 6 rings (SSSR count). The molecule has 1 fully saturated rings. The Balaban J connectivity index is 1.80. The Labute approximate surface area is 170 Å². The molecule has 4 nitrogen and oxygen atoms in total. The highest BCUT2D eigenvalue weighted by Gasteiger charge is 2.67. The summed E-state index contributed by atoms with van der Waals surface area (Å²) in [7, 11) is 1.63. The molecule has 4 aliphatic rings. The Morgan fingerprint density at radius 3 is 2.21 bits per heavy atom. The summed E-state index contributed by atoms with van der Waals surface area (Å²) >= 11 is 0. The van der Waals surface area contributed by atoms with Crippen LogP contribution in [0.4, 0.5) is 0 Å². The molecule has 0 aromatic heterocycles. The third-order valence-electron chi connectivity index (χ3n) is 7.32. The van der Waals surface area contributed by atoms with E-state index in [-0.39, 0.29) is 11.8 Å². The number of ether oxygens (including phenoxy) is 1. The molecule has 2 aromatic carbocycles. The molecule has 0 saturated heterocycles. The zero-order valence-corrected chi connectivity index (χ0v) is 16.1. The Morgan fingerprint density at radius 2 is 1.59 bits per heavy atom. The number of allylic oxidation sites excluding steroid dienone is 2. The minimum atomic E-state index is -1.04. The van der Waals surface area contributed by atoms with E-state index in [4.69, 9.17) is 4.74 Å². The summed E-state index contributed by atoms with van der Waals surface area (Å²) in [4.78, 5) is 0. The second-order valence-electron chi connectivity index (χ2n) is 8.44. The van der Waals surface area contributed by atoms with E-state index in [9.17, 15) is 15.8 Å². The summed E-state index contributed by atoms with van der Waals surface area (Å²) in [5.74, 6) is 0.651. The van der Waals surface area contributed by atoms with Crippen LogP contribution in [0, 0.1) is 45.3 Å². The van der Waals surface area contributed by atoms with Crippen molar-refractivity contribution in [2.24, 2.45) is 11.3 Å². The molecule has 140 valence electrons. The predicted molar refractivity (Wildman–Crippen MR) is 107 cm³/mol. The van der Waals surface area contributed by atoms with Gasteiger partial charge in [-0.25, -0.2) is 0 Å². The highest BCUT2D eigenvalue weighted by atomic mass is 16.5. The van der Waals surface area contributed by atoms with Gasteiger partial charge in [-0.15, -0.1) is 0 Å². The van der Waals surface area contributed by atoms with Crippen LogP contribution < -0.4 is 4.74 Å². The molecular weight excluding hydrogens is 358 g/mol. The molecule has 4 heteroatoms. The van der Waals surface area contributed by atoms with Crippen LogP contribution in [0.2, 0.25) is 0 Å². The first-order chi connectivity index (χ1) is 14.1.